The summed E-state index contributed by atoms with van der Waals surface area (Å²) in [6.07, 6.45) is 11.3. The first kappa shape index (κ1) is 18.5. The highest BCUT2D eigenvalue weighted by molar-refractivity contribution is 5.76. The van der Waals surface area contributed by atoms with E-state index < -0.39 is 0 Å². The second kappa shape index (κ2) is 9.43. The first-order chi connectivity index (χ1) is 12.7. The molecule has 0 saturated carbocycles. The number of aromatic nitrogens is 2. The molecule has 2 aromatic heterocycles. The summed E-state index contributed by atoms with van der Waals surface area (Å²) in [6.45, 7) is 3.37. The molecule has 0 aromatic carbocycles. The Labute approximate surface area is 156 Å². The van der Waals surface area contributed by atoms with E-state index >= 15 is 0 Å². The highest BCUT2D eigenvalue weighted by Gasteiger charge is 2.23. The van der Waals surface area contributed by atoms with E-state index in [1.165, 1.54) is 17.5 Å². The number of carbonyl (C=O) groups is 1. The minimum absolute atomic E-state index is 0.277. The fourth-order valence-corrected chi connectivity index (χ4v) is 3.64. The quantitative estimate of drug-likeness (QED) is 0.769. The molecule has 1 aliphatic rings. The third-order valence-corrected chi connectivity index (χ3v) is 5.00. The van der Waals surface area contributed by atoms with Gasteiger partial charge in [-0.3, -0.25) is 14.8 Å². The molecule has 26 heavy (non-hydrogen) atoms. The van der Waals surface area contributed by atoms with E-state index in [0.717, 1.165) is 39.0 Å². The maximum Gasteiger partial charge on any atom is 0.223 e. The van der Waals surface area contributed by atoms with Crippen molar-refractivity contribution in [2.24, 2.45) is 5.92 Å². The van der Waals surface area contributed by atoms with Crippen molar-refractivity contribution in [1.29, 1.82) is 0 Å². The van der Waals surface area contributed by atoms with E-state index in [9.17, 15) is 4.79 Å². The van der Waals surface area contributed by atoms with Gasteiger partial charge in [0.15, 0.2) is 0 Å². The number of hydrogen-bond acceptors (Lipinski definition) is 4. The summed E-state index contributed by atoms with van der Waals surface area (Å²) in [6, 6.07) is 8.13. The minimum atomic E-state index is 0.277. The lowest BCUT2D eigenvalue weighted by molar-refractivity contribution is -0.133. The molecular weight excluding hydrogens is 324 g/mol. The van der Waals surface area contributed by atoms with Crippen LogP contribution in [-0.4, -0.2) is 52.4 Å². The van der Waals surface area contributed by atoms with E-state index in [2.05, 4.69) is 38.9 Å². The molecule has 0 N–H and O–H groups in total. The largest absolute Gasteiger partial charge is 0.342 e. The van der Waals surface area contributed by atoms with Gasteiger partial charge in [-0.1, -0.05) is 12.1 Å². The third-order valence-electron chi connectivity index (χ3n) is 5.00. The molecule has 5 nitrogen and oxygen atoms in total. The van der Waals surface area contributed by atoms with E-state index in [1.807, 2.05) is 30.7 Å². The number of hydrogen-bond donors (Lipinski definition) is 0. The van der Waals surface area contributed by atoms with Gasteiger partial charge < -0.3 is 9.80 Å². The Hall–Kier alpha value is -2.27. The average molecular weight is 352 g/mol. The summed E-state index contributed by atoms with van der Waals surface area (Å²) in [5.74, 6) is 0.823. The SMILES string of the molecule is CN(CCC(=O)N1CCC[C@H](Cc2cccnc2)C1)Cc1cccnc1. The molecule has 0 unspecified atom stereocenters. The van der Waals surface area contributed by atoms with Crippen LogP contribution in [0, 0.1) is 5.92 Å². The molecule has 3 rings (SSSR count). The average Bonchev–Trinajstić information content (AvgIpc) is 2.68. The highest BCUT2D eigenvalue weighted by atomic mass is 16.2. The zero-order valence-electron chi connectivity index (χ0n) is 15.6. The van der Waals surface area contributed by atoms with E-state index in [4.69, 9.17) is 0 Å². The van der Waals surface area contributed by atoms with E-state index in [0.29, 0.717) is 12.3 Å². The molecule has 3 heterocycles. The second-order valence-electron chi connectivity index (χ2n) is 7.26. The van der Waals surface area contributed by atoms with Gasteiger partial charge in [-0.2, -0.15) is 0 Å². The fourth-order valence-electron chi connectivity index (χ4n) is 3.64. The van der Waals surface area contributed by atoms with Crippen LogP contribution in [0.15, 0.2) is 49.1 Å². The molecular formula is C21H28N4O. The van der Waals surface area contributed by atoms with Gasteiger partial charge >= 0.3 is 0 Å². The monoisotopic (exact) mass is 352 g/mol. The first-order valence-corrected chi connectivity index (χ1v) is 9.45. The molecule has 0 aliphatic carbocycles. The topological polar surface area (TPSA) is 49.3 Å². The molecule has 138 valence electrons. The van der Waals surface area contributed by atoms with Gasteiger partial charge in [0.1, 0.15) is 0 Å². The molecule has 1 amide bonds. The second-order valence-corrected chi connectivity index (χ2v) is 7.26. The molecule has 0 radical (unpaired) electrons. The Morgan fingerprint density at radius 2 is 1.92 bits per heavy atom. The van der Waals surface area contributed by atoms with Crippen LogP contribution in [0.5, 0.6) is 0 Å². The number of amides is 1. The minimum Gasteiger partial charge on any atom is -0.342 e. The number of carbonyl (C=O) groups excluding carboxylic acids is 1. The van der Waals surface area contributed by atoms with Crippen molar-refractivity contribution >= 4 is 5.91 Å². The molecule has 0 spiro atoms. The van der Waals surface area contributed by atoms with Crippen LogP contribution in [0.25, 0.3) is 0 Å². The van der Waals surface area contributed by atoms with Crippen LogP contribution in [-0.2, 0) is 17.8 Å². The molecule has 1 aliphatic heterocycles. The summed E-state index contributed by atoms with van der Waals surface area (Å²) in [4.78, 5) is 25.2. The lowest BCUT2D eigenvalue weighted by Gasteiger charge is -2.33. The Kier molecular flexibility index (Phi) is 6.72. The molecule has 0 bridgehead atoms. The molecule has 1 fully saturated rings. The standard InChI is InChI=1S/C21H28N4O/c1-24(16-20-6-3-10-23-15-20)12-8-21(26)25-11-4-7-19(17-25)13-18-5-2-9-22-14-18/h2-3,5-6,9-10,14-15,19H,4,7-8,11-13,16-17H2,1H3/t19-/m1/s1. The smallest absolute Gasteiger partial charge is 0.223 e. The van der Waals surface area contributed by atoms with E-state index in [-0.39, 0.29) is 5.91 Å². The van der Waals surface area contributed by atoms with Crippen molar-refractivity contribution < 1.29 is 4.79 Å². The highest BCUT2D eigenvalue weighted by Crippen LogP contribution is 2.21. The van der Waals surface area contributed by atoms with Crippen molar-refractivity contribution in [2.75, 3.05) is 26.7 Å². The predicted octanol–water partition coefficient (Wildman–Crippen LogP) is 2.78. The fraction of sp³-hybridized carbons (Fsp3) is 0.476. The normalized spacial score (nSPS) is 17.5. The van der Waals surface area contributed by atoms with Crippen molar-refractivity contribution in [3.05, 3.63) is 60.2 Å². The zero-order valence-corrected chi connectivity index (χ0v) is 15.6. The summed E-state index contributed by atoms with van der Waals surface area (Å²) in [5, 5.41) is 0. The first-order valence-electron chi connectivity index (χ1n) is 9.45. The van der Waals surface area contributed by atoms with Crippen LogP contribution in [0.3, 0.4) is 0 Å². The Morgan fingerprint density at radius 1 is 1.19 bits per heavy atom. The van der Waals surface area contributed by atoms with Crippen LogP contribution in [0.2, 0.25) is 0 Å². The maximum absolute atomic E-state index is 12.6. The van der Waals surface area contributed by atoms with E-state index in [1.54, 1.807) is 6.20 Å². The van der Waals surface area contributed by atoms with Gasteiger partial charge in [0, 0.05) is 57.4 Å². The Bertz CT molecular complexity index is 677. The van der Waals surface area contributed by atoms with Crippen molar-refractivity contribution in [2.45, 2.75) is 32.2 Å². The lowest BCUT2D eigenvalue weighted by Crippen LogP contribution is -2.41. The van der Waals surface area contributed by atoms with Crippen LogP contribution >= 0.6 is 0 Å². The summed E-state index contributed by atoms with van der Waals surface area (Å²) in [7, 11) is 2.06. The number of nitrogens with zero attached hydrogens (tertiary/aromatic N) is 4. The Morgan fingerprint density at radius 3 is 2.62 bits per heavy atom. The van der Waals surface area contributed by atoms with Crippen LogP contribution in [0.1, 0.15) is 30.4 Å². The maximum atomic E-state index is 12.6. The van der Waals surface area contributed by atoms with Gasteiger partial charge in [0.25, 0.3) is 0 Å². The number of rotatable bonds is 7. The summed E-state index contributed by atoms with van der Waals surface area (Å²) in [5.41, 5.74) is 2.44. The van der Waals surface area contributed by atoms with Crippen molar-refractivity contribution in [3.8, 4) is 0 Å². The molecule has 2 aromatic rings. The zero-order chi connectivity index (χ0) is 18.2. The van der Waals surface area contributed by atoms with Gasteiger partial charge in [-0.25, -0.2) is 0 Å². The number of piperidine rings is 1. The summed E-state index contributed by atoms with van der Waals surface area (Å²) >= 11 is 0. The number of pyridine rings is 2. The predicted molar refractivity (Wildman–Crippen MR) is 102 cm³/mol. The molecule has 5 heteroatoms. The lowest BCUT2D eigenvalue weighted by atomic mass is 9.92. The molecule has 1 saturated heterocycles. The number of likely N-dealkylation sites (tertiary alicyclic amines) is 1. The van der Waals surface area contributed by atoms with Gasteiger partial charge in [-0.15, -0.1) is 0 Å². The van der Waals surface area contributed by atoms with Crippen molar-refractivity contribution in [3.63, 3.8) is 0 Å². The van der Waals surface area contributed by atoms with Gasteiger partial charge in [0.2, 0.25) is 5.91 Å². The van der Waals surface area contributed by atoms with Crippen molar-refractivity contribution in [1.82, 2.24) is 19.8 Å². The molecule has 1 atom stereocenters. The summed E-state index contributed by atoms with van der Waals surface area (Å²) < 4.78 is 0. The van der Waals surface area contributed by atoms with Gasteiger partial charge in [0.05, 0.1) is 0 Å². The van der Waals surface area contributed by atoms with Crippen LogP contribution < -0.4 is 0 Å². The van der Waals surface area contributed by atoms with Crippen LogP contribution in [0.4, 0.5) is 0 Å². The van der Waals surface area contributed by atoms with Gasteiger partial charge in [-0.05, 0) is 55.5 Å². The third kappa shape index (κ3) is 5.63. The Balaban J connectivity index is 1.43.